The summed E-state index contributed by atoms with van der Waals surface area (Å²) in [5.74, 6) is 0.955. The molecule has 0 spiro atoms. The summed E-state index contributed by atoms with van der Waals surface area (Å²) in [6.07, 6.45) is 0. The Bertz CT molecular complexity index is 196. The van der Waals surface area contributed by atoms with Gasteiger partial charge in [0.15, 0.2) is 0 Å². The third-order valence-electron chi connectivity index (χ3n) is 1.22. The van der Waals surface area contributed by atoms with Gasteiger partial charge in [0.1, 0.15) is 5.75 Å². The molecule has 1 aromatic rings. The second-order valence-electron chi connectivity index (χ2n) is 2.40. The molecule has 0 radical (unpaired) electrons. The summed E-state index contributed by atoms with van der Waals surface area (Å²) in [6.45, 7) is 2.91. The molecule has 0 aliphatic heterocycles. The minimum Gasteiger partial charge on any atom is -0.493 e. The van der Waals surface area contributed by atoms with Gasteiger partial charge in [0.25, 0.3) is 0 Å². The lowest BCUT2D eigenvalue weighted by atomic mass is 10.3. The second kappa shape index (κ2) is 4.59. The predicted octanol–water partition coefficient (Wildman–Crippen LogP) is 2.89. The number of hydrogen-bond donors (Lipinski definition) is 0. The SMILES string of the molecule is CC(I)COc1ccccc1. The Morgan fingerprint density at radius 3 is 2.55 bits per heavy atom. The summed E-state index contributed by atoms with van der Waals surface area (Å²) in [4.78, 5) is 0. The van der Waals surface area contributed by atoms with E-state index in [0.717, 1.165) is 12.4 Å². The van der Waals surface area contributed by atoms with E-state index in [1.165, 1.54) is 0 Å². The Morgan fingerprint density at radius 2 is 2.00 bits per heavy atom. The Morgan fingerprint density at radius 1 is 1.36 bits per heavy atom. The topological polar surface area (TPSA) is 9.23 Å². The molecule has 1 atom stereocenters. The van der Waals surface area contributed by atoms with E-state index >= 15 is 0 Å². The van der Waals surface area contributed by atoms with E-state index in [2.05, 4.69) is 29.5 Å². The number of rotatable bonds is 3. The quantitative estimate of drug-likeness (QED) is 0.601. The van der Waals surface area contributed by atoms with Crippen molar-refractivity contribution in [2.45, 2.75) is 10.8 Å². The summed E-state index contributed by atoms with van der Waals surface area (Å²) < 4.78 is 6.02. The van der Waals surface area contributed by atoms with E-state index < -0.39 is 0 Å². The van der Waals surface area contributed by atoms with Crippen LogP contribution in [0, 0.1) is 0 Å². The van der Waals surface area contributed by atoms with Gasteiger partial charge >= 0.3 is 0 Å². The van der Waals surface area contributed by atoms with Crippen molar-refractivity contribution in [3.8, 4) is 5.75 Å². The van der Waals surface area contributed by atoms with Crippen LogP contribution in [0.3, 0.4) is 0 Å². The van der Waals surface area contributed by atoms with Crippen LogP contribution in [0.4, 0.5) is 0 Å². The molecular weight excluding hydrogens is 251 g/mol. The number of hydrogen-bond acceptors (Lipinski definition) is 1. The van der Waals surface area contributed by atoms with Crippen molar-refractivity contribution >= 4 is 22.6 Å². The molecule has 0 aliphatic carbocycles. The average molecular weight is 262 g/mol. The highest BCUT2D eigenvalue weighted by molar-refractivity contribution is 14.1. The zero-order valence-corrected chi connectivity index (χ0v) is 8.61. The monoisotopic (exact) mass is 262 g/mol. The normalized spacial score (nSPS) is 12.5. The highest BCUT2D eigenvalue weighted by Gasteiger charge is 1.95. The summed E-state index contributed by atoms with van der Waals surface area (Å²) in [7, 11) is 0. The highest BCUT2D eigenvalue weighted by atomic mass is 127. The second-order valence-corrected chi connectivity index (χ2v) is 4.53. The summed E-state index contributed by atoms with van der Waals surface area (Å²) >= 11 is 2.34. The first-order valence-corrected chi connectivity index (χ1v) is 4.85. The lowest BCUT2D eigenvalue weighted by molar-refractivity contribution is 0.326. The summed E-state index contributed by atoms with van der Waals surface area (Å²) in [5, 5.41) is 0. The van der Waals surface area contributed by atoms with Gasteiger partial charge in [0.2, 0.25) is 0 Å². The lowest BCUT2D eigenvalue weighted by Gasteiger charge is -2.06. The fourth-order valence-corrected chi connectivity index (χ4v) is 0.908. The van der Waals surface area contributed by atoms with Gasteiger partial charge in [-0.3, -0.25) is 0 Å². The van der Waals surface area contributed by atoms with Gasteiger partial charge in [0, 0.05) is 3.92 Å². The number of para-hydroxylation sites is 1. The van der Waals surface area contributed by atoms with Gasteiger partial charge in [-0.05, 0) is 12.1 Å². The molecule has 0 aliphatic rings. The Labute approximate surface area is 80.9 Å². The summed E-state index contributed by atoms with van der Waals surface area (Å²) in [5.41, 5.74) is 0. The van der Waals surface area contributed by atoms with Crippen molar-refractivity contribution in [1.29, 1.82) is 0 Å². The van der Waals surface area contributed by atoms with Gasteiger partial charge in [-0.15, -0.1) is 0 Å². The molecule has 1 nitrogen and oxygen atoms in total. The number of benzene rings is 1. The molecule has 1 aromatic carbocycles. The molecule has 0 aromatic heterocycles. The smallest absolute Gasteiger partial charge is 0.119 e. The Hall–Kier alpha value is -0.250. The van der Waals surface area contributed by atoms with Crippen molar-refractivity contribution in [2.75, 3.05) is 6.61 Å². The first-order valence-electron chi connectivity index (χ1n) is 3.61. The first kappa shape index (κ1) is 8.84. The highest BCUT2D eigenvalue weighted by Crippen LogP contribution is 2.10. The van der Waals surface area contributed by atoms with Gasteiger partial charge in [-0.1, -0.05) is 47.7 Å². The molecular formula is C9H11IO. The van der Waals surface area contributed by atoms with Crippen LogP contribution in [0.5, 0.6) is 5.75 Å². The fourth-order valence-electron chi connectivity index (χ4n) is 0.728. The van der Waals surface area contributed by atoms with Crippen LogP contribution in [-0.4, -0.2) is 10.5 Å². The van der Waals surface area contributed by atoms with E-state index in [1.54, 1.807) is 0 Å². The van der Waals surface area contributed by atoms with E-state index in [4.69, 9.17) is 4.74 Å². The zero-order chi connectivity index (χ0) is 8.10. The van der Waals surface area contributed by atoms with Gasteiger partial charge in [0.05, 0.1) is 6.61 Å². The van der Waals surface area contributed by atoms with Crippen LogP contribution in [-0.2, 0) is 0 Å². The zero-order valence-electron chi connectivity index (χ0n) is 6.46. The maximum absolute atomic E-state index is 5.46. The molecule has 2 heteroatoms. The van der Waals surface area contributed by atoms with Crippen LogP contribution < -0.4 is 4.74 Å². The van der Waals surface area contributed by atoms with Gasteiger partial charge < -0.3 is 4.74 Å². The molecule has 11 heavy (non-hydrogen) atoms. The largest absolute Gasteiger partial charge is 0.493 e. The van der Waals surface area contributed by atoms with Crippen molar-refractivity contribution in [2.24, 2.45) is 0 Å². The predicted molar refractivity (Wildman–Crippen MR) is 55.4 cm³/mol. The minimum absolute atomic E-state index is 0.563. The molecule has 1 rings (SSSR count). The molecule has 0 heterocycles. The molecule has 0 amide bonds. The van der Waals surface area contributed by atoms with E-state index in [1.807, 2.05) is 30.3 Å². The molecule has 0 saturated heterocycles. The van der Waals surface area contributed by atoms with Gasteiger partial charge in [-0.2, -0.15) is 0 Å². The van der Waals surface area contributed by atoms with Crippen molar-refractivity contribution in [1.82, 2.24) is 0 Å². The third kappa shape index (κ3) is 3.60. The third-order valence-corrected chi connectivity index (χ3v) is 1.58. The van der Waals surface area contributed by atoms with Crippen LogP contribution in [0.15, 0.2) is 30.3 Å². The van der Waals surface area contributed by atoms with E-state index in [9.17, 15) is 0 Å². The maximum atomic E-state index is 5.46. The minimum atomic E-state index is 0.563. The number of halogens is 1. The number of ether oxygens (including phenoxy) is 1. The van der Waals surface area contributed by atoms with Crippen molar-refractivity contribution in [3.05, 3.63) is 30.3 Å². The number of alkyl halides is 1. The average Bonchev–Trinajstić information content (AvgIpc) is 2.03. The fraction of sp³-hybridized carbons (Fsp3) is 0.333. The van der Waals surface area contributed by atoms with Crippen LogP contribution in [0.25, 0.3) is 0 Å². The molecule has 60 valence electrons. The molecule has 0 bridgehead atoms. The molecule has 0 saturated carbocycles. The van der Waals surface area contributed by atoms with Crippen LogP contribution in [0.1, 0.15) is 6.92 Å². The van der Waals surface area contributed by atoms with E-state index in [-0.39, 0.29) is 0 Å². The molecule has 0 fully saturated rings. The summed E-state index contributed by atoms with van der Waals surface area (Å²) in [6, 6.07) is 9.89. The molecule has 1 unspecified atom stereocenters. The van der Waals surface area contributed by atoms with E-state index in [0.29, 0.717) is 3.92 Å². The van der Waals surface area contributed by atoms with Crippen molar-refractivity contribution in [3.63, 3.8) is 0 Å². The van der Waals surface area contributed by atoms with Crippen molar-refractivity contribution < 1.29 is 4.74 Å². The first-order chi connectivity index (χ1) is 5.29. The standard InChI is InChI=1S/C9H11IO/c1-8(10)7-11-9-5-3-2-4-6-9/h2-6,8H,7H2,1H3. The molecule has 0 N–H and O–H groups in total. The van der Waals surface area contributed by atoms with Gasteiger partial charge in [-0.25, -0.2) is 0 Å². The lowest BCUT2D eigenvalue weighted by Crippen LogP contribution is -2.06. The van der Waals surface area contributed by atoms with Crippen LogP contribution >= 0.6 is 22.6 Å². The van der Waals surface area contributed by atoms with Crippen LogP contribution in [0.2, 0.25) is 0 Å². The Kier molecular flexibility index (Phi) is 3.69. The maximum Gasteiger partial charge on any atom is 0.119 e. The Balaban J connectivity index is 2.39.